The Morgan fingerprint density at radius 1 is 1.32 bits per heavy atom. The second-order valence-corrected chi connectivity index (χ2v) is 5.77. The minimum atomic E-state index is -0.709. The number of carbonyl (C=O) groups excluding carboxylic acids is 1. The van der Waals surface area contributed by atoms with Crippen molar-refractivity contribution in [1.82, 2.24) is 5.32 Å². The molecule has 2 rings (SSSR count). The monoisotopic (exact) mass is 286 g/mol. The van der Waals surface area contributed by atoms with Crippen LogP contribution in [-0.2, 0) is 14.3 Å². The maximum absolute atomic E-state index is 12.4. The van der Waals surface area contributed by atoms with Crippen molar-refractivity contribution in [2.45, 2.75) is 25.7 Å². The average Bonchev–Trinajstić information content (AvgIpc) is 2.92. The van der Waals surface area contributed by atoms with E-state index >= 15 is 0 Å². The number of hydrogen-bond donors (Lipinski definition) is 2. The quantitative estimate of drug-likeness (QED) is 0.725. The number of nitrogens with one attached hydrogen (secondary N) is 1. The molecule has 1 amide bonds. The van der Waals surface area contributed by atoms with Gasteiger partial charge < -0.3 is 20.5 Å². The minimum absolute atomic E-state index is 0.0396. The number of thiocarbonyl (C=S) groups is 1. The number of carbonyl (C=O) groups is 1. The summed E-state index contributed by atoms with van der Waals surface area (Å²) < 4.78 is 10.6. The Bertz CT molecular complexity index is 337. The SMILES string of the molecule is NC(=S)C1(C(=O)NCCC2CCOC2)CCOCC1. The Kier molecular flexibility index (Phi) is 5.13. The zero-order chi connectivity index (χ0) is 13.7. The summed E-state index contributed by atoms with van der Waals surface area (Å²) in [5.41, 5.74) is 5.08. The van der Waals surface area contributed by atoms with Crippen LogP contribution in [0.3, 0.4) is 0 Å². The molecule has 0 aromatic heterocycles. The lowest BCUT2D eigenvalue weighted by molar-refractivity contribution is -0.131. The summed E-state index contributed by atoms with van der Waals surface area (Å²) in [4.78, 5) is 12.7. The molecule has 1 atom stereocenters. The van der Waals surface area contributed by atoms with Gasteiger partial charge in [0.1, 0.15) is 5.41 Å². The highest BCUT2D eigenvalue weighted by atomic mass is 32.1. The molecular weight excluding hydrogens is 264 g/mol. The van der Waals surface area contributed by atoms with Crippen molar-refractivity contribution in [3.05, 3.63) is 0 Å². The van der Waals surface area contributed by atoms with E-state index in [1.165, 1.54) is 0 Å². The van der Waals surface area contributed by atoms with Crippen LogP contribution in [0.4, 0.5) is 0 Å². The summed E-state index contributed by atoms with van der Waals surface area (Å²) in [6, 6.07) is 0. The maximum atomic E-state index is 12.4. The van der Waals surface area contributed by atoms with Gasteiger partial charge in [-0.2, -0.15) is 0 Å². The first-order chi connectivity index (χ1) is 9.15. The molecular formula is C13H22N2O3S. The summed E-state index contributed by atoms with van der Waals surface area (Å²) in [6.45, 7) is 3.40. The van der Waals surface area contributed by atoms with Gasteiger partial charge >= 0.3 is 0 Å². The van der Waals surface area contributed by atoms with Gasteiger partial charge in [-0.05, 0) is 31.6 Å². The van der Waals surface area contributed by atoms with Crippen LogP contribution in [-0.4, -0.2) is 43.9 Å². The number of rotatable bonds is 5. The molecule has 2 heterocycles. The zero-order valence-electron chi connectivity index (χ0n) is 11.2. The van der Waals surface area contributed by atoms with Gasteiger partial charge in [-0.15, -0.1) is 0 Å². The summed E-state index contributed by atoms with van der Waals surface area (Å²) >= 11 is 5.10. The molecule has 6 heteroatoms. The highest BCUT2D eigenvalue weighted by Gasteiger charge is 2.42. The molecule has 108 valence electrons. The van der Waals surface area contributed by atoms with E-state index in [1.807, 2.05) is 0 Å². The van der Waals surface area contributed by atoms with Crippen molar-refractivity contribution in [3.63, 3.8) is 0 Å². The third-order valence-corrected chi connectivity index (χ3v) is 4.51. The Morgan fingerprint density at radius 2 is 2.05 bits per heavy atom. The molecule has 2 saturated heterocycles. The molecule has 0 aromatic rings. The molecule has 3 N–H and O–H groups in total. The van der Waals surface area contributed by atoms with Gasteiger partial charge in [0, 0.05) is 33.0 Å². The van der Waals surface area contributed by atoms with Crippen molar-refractivity contribution < 1.29 is 14.3 Å². The van der Waals surface area contributed by atoms with Crippen molar-refractivity contribution in [2.75, 3.05) is 33.0 Å². The van der Waals surface area contributed by atoms with Crippen molar-refractivity contribution >= 4 is 23.1 Å². The first-order valence-corrected chi connectivity index (χ1v) is 7.30. The summed E-state index contributed by atoms with van der Waals surface area (Å²) in [6.07, 6.45) is 3.21. The predicted octanol–water partition coefficient (Wildman–Crippen LogP) is 0.612. The van der Waals surface area contributed by atoms with Gasteiger partial charge in [-0.25, -0.2) is 0 Å². The highest BCUT2D eigenvalue weighted by molar-refractivity contribution is 7.80. The largest absolute Gasteiger partial charge is 0.392 e. The summed E-state index contributed by atoms with van der Waals surface area (Å²) in [5, 5.41) is 2.98. The second-order valence-electron chi connectivity index (χ2n) is 5.33. The van der Waals surface area contributed by atoms with Crippen LogP contribution < -0.4 is 11.1 Å². The molecule has 2 aliphatic heterocycles. The standard InChI is InChI=1S/C13H22N2O3S/c14-11(19)13(3-7-17-8-4-13)12(16)15-5-1-10-2-6-18-9-10/h10H,1-9H2,(H2,14,19)(H,15,16). The van der Waals surface area contributed by atoms with Crippen LogP contribution in [0.2, 0.25) is 0 Å². The molecule has 2 fully saturated rings. The van der Waals surface area contributed by atoms with Crippen molar-refractivity contribution in [1.29, 1.82) is 0 Å². The predicted molar refractivity (Wildman–Crippen MR) is 75.8 cm³/mol. The fourth-order valence-corrected chi connectivity index (χ4v) is 2.97. The number of amides is 1. The van der Waals surface area contributed by atoms with Gasteiger partial charge in [0.2, 0.25) is 5.91 Å². The van der Waals surface area contributed by atoms with Gasteiger partial charge in [0.25, 0.3) is 0 Å². The first-order valence-electron chi connectivity index (χ1n) is 6.89. The lowest BCUT2D eigenvalue weighted by Gasteiger charge is -2.34. The normalized spacial score (nSPS) is 26.0. The van der Waals surface area contributed by atoms with E-state index in [-0.39, 0.29) is 10.9 Å². The molecule has 0 bridgehead atoms. The molecule has 0 radical (unpaired) electrons. The molecule has 0 saturated carbocycles. The smallest absolute Gasteiger partial charge is 0.233 e. The van der Waals surface area contributed by atoms with E-state index in [9.17, 15) is 4.79 Å². The third kappa shape index (κ3) is 3.43. The van der Waals surface area contributed by atoms with E-state index in [0.29, 0.717) is 38.5 Å². The highest BCUT2D eigenvalue weighted by Crippen LogP contribution is 2.31. The number of nitrogens with two attached hydrogens (primary N) is 1. The van der Waals surface area contributed by atoms with Crippen LogP contribution in [0.15, 0.2) is 0 Å². The fraction of sp³-hybridized carbons (Fsp3) is 0.846. The van der Waals surface area contributed by atoms with Crippen LogP contribution >= 0.6 is 12.2 Å². The fourth-order valence-electron chi connectivity index (χ4n) is 2.68. The van der Waals surface area contributed by atoms with Gasteiger partial charge in [-0.3, -0.25) is 4.79 Å². The Balaban J connectivity index is 1.83. The van der Waals surface area contributed by atoms with E-state index in [1.54, 1.807) is 0 Å². The van der Waals surface area contributed by atoms with Crippen molar-refractivity contribution in [2.24, 2.45) is 17.1 Å². The molecule has 2 aliphatic rings. The topological polar surface area (TPSA) is 73.6 Å². The summed E-state index contributed by atoms with van der Waals surface area (Å²) in [5.74, 6) is 0.526. The van der Waals surface area contributed by atoms with Crippen LogP contribution in [0, 0.1) is 11.3 Å². The van der Waals surface area contributed by atoms with Crippen LogP contribution in [0.5, 0.6) is 0 Å². The lowest BCUT2D eigenvalue weighted by atomic mass is 9.79. The Labute approximate surface area is 119 Å². The molecule has 0 spiro atoms. The minimum Gasteiger partial charge on any atom is -0.392 e. The molecule has 0 aromatic carbocycles. The molecule has 0 aliphatic carbocycles. The molecule has 1 unspecified atom stereocenters. The van der Waals surface area contributed by atoms with Gasteiger partial charge in [-0.1, -0.05) is 12.2 Å². The van der Waals surface area contributed by atoms with E-state index in [2.05, 4.69) is 5.32 Å². The maximum Gasteiger partial charge on any atom is 0.233 e. The van der Waals surface area contributed by atoms with Gasteiger partial charge in [0.05, 0.1) is 4.99 Å². The summed E-state index contributed by atoms with van der Waals surface area (Å²) in [7, 11) is 0. The number of ether oxygens (including phenoxy) is 2. The van der Waals surface area contributed by atoms with E-state index in [0.717, 1.165) is 26.1 Å². The zero-order valence-corrected chi connectivity index (χ0v) is 12.0. The second kappa shape index (κ2) is 6.63. The molecule has 19 heavy (non-hydrogen) atoms. The van der Waals surface area contributed by atoms with Crippen LogP contribution in [0.25, 0.3) is 0 Å². The van der Waals surface area contributed by atoms with Gasteiger partial charge in [0.15, 0.2) is 0 Å². The Hall–Kier alpha value is -0.720. The van der Waals surface area contributed by atoms with E-state index < -0.39 is 5.41 Å². The Morgan fingerprint density at radius 3 is 2.63 bits per heavy atom. The lowest BCUT2D eigenvalue weighted by Crippen LogP contribution is -2.52. The third-order valence-electron chi connectivity index (χ3n) is 4.11. The van der Waals surface area contributed by atoms with E-state index in [4.69, 9.17) is 27.4 Å². The van der Waals surface area contributed by atoms with Crippen LogP contribution in [0.1, 0.15) is 25.7 Å². The number of hydrogen-bond acceptors (Lipinski definition) is 4. The first kappa shape index (κ1) is 14.7. The average molecular weight is 286 g/mol. The van der Waals surface area contributed by atoms with Crippen molar-refractivity contribution in [3.8, 4) is 0 Å². The molecule has 5 nitrogen and oxygen atoms in total.